The molecule has 0 radical (unpaired) electrons. The lowest BCUT2D eigenvalue weighted by molar-refractivity contribution is -0.121. The first-order valence-corrected chi connectivity index (χ1v) is 8.74. The largest absolute Gasteiger partial charge is 0.478 e. The van der Waals surface area contributed by atoms with Gasteiger partial charge in [0.25, 0.3) is 0 Å². The molecule has 0 saturated carbocycles. The highest BCUT2D eigenvalue weighted by atomic mass is 16.4. The highest BCUT2D eigenvalue weighted by molar-refractivity contribution is 5.89. The van der Waals surface area contributed by atoms with Gasteiger partial charge in [-0.2, -0.15) is 0 Å². The molecule has 0 aliphatic rings. The predicted octanol–water partition coefficient (Wildman–Crippen LogP) is 3.85. The number of aromatic carboxylic acids is 1. The quantitative estimate of drug-likeness (QED) is 0.729. The molecule has 0 fully saturated rings. The van der Waals surface area contributed by atoms with Crippen LogP contribution in [0.3, 0.4) is 0 Å². The molecule has 0 saturated heterocycles. The van der Waals surface area contributed by atoms with Gasteiger partial charge in [-0.1, -0.05) is 61.9 Å². The van der Waals surface area contributed by atoms with Crippen molar-refractivity contribution >= 4 is 11.9 Å². The van der Waals surface area contributed by atoms with E-state index in [1.165, 1.54) is 5.56 Å². The molecule has 2 aromatic carbocycles. The van der Waals surface area contributed by atoms with Crippen LogP contribution >= 0.6 is 0 Å². The highest BCUT2D eigenvalue weighted by Gasteiger charge is 2.14. The molecule has 0 aromatic heterocycles. The summed E-state index contributed by atoms with van der Waals surface area (Å²) in [5.41, 5.74) is 2.17. The second kappa shape index (κ2) is 9.62. The number of rotatable bonds is 9. The number of nitrogens with one attached hydrogen (secondary N) is 1. The zero-order chi connectivity index (χ0) is 18.1. The number of hydrogen-bond donors (Lipinski definition) is 2. The average Bonchev–Trinajstić information content (AvgIpc) is 2.61. The monoisotopic (exact) mass is 339 g/mol. The normalized spacial score (nSPS) is 11.7. The Labute approximate surface area is 148 Å². The lowest BCUT2D eigenvalue weighted by Gasteiger charge is -2.18. The summed E-state index contributed by atoms with van der Waals surface area (Å²) in [6, 6.07) is 17.1. The lowest BCUT2D eigenvalue weighted by Crippen LogP contribution is -2.36. The van der Waals surface area contributed by atoms with Gasteiger partial charge in [-0.25, -0.2) is 4.79 Å². The summed E-state index contributed by atoms with van der Waals surface area (Å²) in [6.45, 7) is 2.10. The SMILES string of the molecule is CCCC(Cc1ccccc1)NC(=O)CCc1ccccc1C(=O)O. The molecule has 2 N–H and O–H groups in total. The van der Waals surface area contributed by atoms with Crippen molar-refractivity contribution in [3.8, 4) is 0 Å². The van der Waals surface area contributed by atoms with Crippen LogP contribution in [0.25, 0.3) is 0 Å². The third kappa shape index (κ3) is 6.07. The maximum absolute atomic E-state index is 12.3. The third-order valence-corrected chi connectivity index (χ3v) is 4.20. The fourth-order valence-electron chi connectivity index (χ4n) is 2.97. The van der Waals surface area contributed by atoms with Crippen molar-refractivity contribution in [3.63, 3.8) is 0 Å². The topological polar surface area (TPSA) is 66.4 Å². The minimum Gasteiger partial charge on any atom is -0.478 e. The first kappa shape index (κ1) is 18.7. The van der Waals surface area contributed by atoms with E-state index < -0.39 is 5.97 Å². The molecule has 0 aliphatic carbocycles. The van der Waals surface area contributed by atoms with Crippen LogP contribution in [0.1, 0.15) is 47.7 Å². The number of benzene rings is 2. The molecule has 4 nitrogen and oxygen atoms in total. The minimum atomic E-state index is -0.955. The van der Waals surface area contributed by atoms with Crippen molar-refractivity contribution in [1.82, 2.24) is 5.32 Å². The summed E-state index contributed by atoms with van der Waals surface area (Å²) in [5, 5.41) is 12.3. The van der Waals surface area contributed by atoms with E-state index in [9.17, 15) is 14.7 Å². The summed E-state index contributed by atoms with van der Waals surface area (Å²) < 4.78 is 0. The predicted molar refractivity (Wildman–Crippen MR) is 98.7 cm³/mol. The van der Waals surface area contributed by atoms with Gasteiger partial charge in [0.15, 0.2) is 0 Å². The van der Waals surface area contributed by atoms with E-state index in [-0.39, 0.29) is 17.5 Å². The molecule has 1 atom stereocenters. The Morgan fingerprint density at radius 3 is 2.40 bits per heavy atom. The molecule has 0 bridgehead atoms. The van der Waals surface area contributed by atoms with Gasteiger partial charge >= 0.3 is 5.97 Å². The van der Waals surface area contributed by atoms with E-state index in [4.69, 9.17) is 0 Å². The van der Waals surface area contributed by atoms with Crippen LogP contribution in [0.15, 0.2) is 54.6 Å². The van der Waals surface area contributed by atoms with Crippen LogP contribution < -0.4 is 5.32 Å². The van der Waals surface area contributed by atoms with Crippen LogP contribution in [0, 0.1) is 0 Å². The average molecular weight is 339 g/mol. The van der Waals surface area contributed by atoms with Crippen molar-refractivity contribution in [1.29, 1.82) is 0 Å². The van der Waals surface area contributed by atoms with E-state index >= 15 is 0 Å². The highest BCUT2D eigenvalue weighted by Crippen LogP contribution is 2.12. The molecule has 2 rings (SSSR count). The summed E-state index contributed by atoms with van der Waals surface area (Å²) in [4.78, 5) is 23.5. The Bertz CT molecular complexity index is 697. The molecule has 132 valence electrons. The third-order valence-electron chi connectivity index (χ3n) is 4.20. The maximum atomic E-state index is 12.3. The van der Waals surface area contributed by atoms with E-state index in [2.05, 4.69) is 24.4 Å². The number of amides is 1. The fraction of sp³-hybridized carbons (Fsp3) is 0.333. The number of carboxylic acids is 1. The van der Waals surface area contributed by atoms with E-state index in [1.807, 2.05) is 18.2 Å². The van der Waals surface area contributed by atoms with Crippen LogP contribution in [0.4, 0.5) is 0 Å². The van der Waals surface area contributed by atoms with Crippen molar-refractivity contribution in [2.24, 2.45) is 0 Å². The molecule has 1 amide bonds. The first-order chi connectivity index (χ1) is 12.1. The molecule has 25 heavy (non-hydrogen) atoms. The number of carbonyl (C=O) groups is 2. The molecule has 0 aliphatic heterocycles. The second-order valence-corrected chi connectivity index (χ2v) is 6.21. The van der Waals surface area contributed by atoms with Crippen molar-refractivity contribution in [2.45, 2.75) is 45.1 Å². The van der Waals surface area contributed by atoms with Gasteiger partial charge in [0.2, 0.25) is 5.91 Å². The fourth-order valence-corrected chi connectivity index (χ4v) is 2.97. The molecule has 1 unspecified atom stereocenters. The van der Waals surface area contributed by atoms with Gasteiger partial charge in [-0.15, -0.1) is 0 Å². The lowest BCUT2D eigenvalue weighted by atomic mass is 10.0. The summed E-state index contributed by atoms with van der Waals surface area (Å²) in [5.74, 6) is -0.987. The van der Waals surface area contributed by atoms with Crippen LogP contribution in [-0.2, 0) is 17.6 Å². The van der Waals surface area contributed by atoms with Crippen molar-refractivity contribution < 1.29 is 14.7 Å². The Morgan fingerprint density at radius 1 is 1.04 bits per heavy atom. The van der Waals surface area contributed by atoms with Gasteiger partial charge < -0.3 is 10.4 Å². The number of carbonyl (C=O) groups excluding carboxylic acids is 1. The molecular formula is C21H25NO3. The maximum Gasteiger partial charge on any atom is 0.335 e. The minimum absolute atomic E-state index is 0.0328. The molecular weight excluding hydrogens is 314 g/mol. The summed E-state index contributed by atoms with van der Waals surface area (Å²) in [6.07, 6.45) is 3.45. The first-order valence-electron chi connectivity index (χ1n) is 8.74. The van der Waals surface area contributed by atoms with Crippen molar-refractivity contribution in [2.75, 3.05) is 0 Å². The van der Waals surface area contributed by atoms with Crippen LogP contribution in [-0.4, -0.2) is 23.0 Å². The molecule has 2 aromatic rings. The number of aryl methyl sites for hydroxylation is 1. The van der Waals surface area contributed by atoms with E-state index in [0.29, 0.717) is 18.4 Å². The Morgan fingerprint density at radius 2 is 1.72 bits per heavy atom. The van der Waals surface area contributed by atoms with Crippen LogP contribution in [0.2, 0.25) is 0 Å². The van der Waals surface area contributed by atoms with Gasteiger partial charge in [-0.3, -0.25) is 4.79 Å². The van der Waals surface area contributed by atoms with Gasteiger partial charge in [0.05, 0.1) is 5.56 Å². The Kier molecular flexibility index (Phi) is 7.20. The zero-order valence-corrected chi connectivity index (χ0v) is 14.6. The van der Waals surface area contributed by atoms with Gasteiger partial charge in [0.1, 0.15) is 0 Å². The van der Waals surface area contributed by atoms with Gasteiger partial charge in [-0.05, 0) is 36.5 Å². The standard InChI is InChI=1S/C21H25NO3/c1-2-8-18(15-16-9-4-3-5-10-16)22-20(23)14-13-17-11-6-7-12-19(17)21(24)25/h3-7,9-12,18H,2,8,13-15H2,1H3,(H,22,23)(H,24,25). The smallest absolute Gasteiger partial charge is 0.335 e. The summed E-state index contributed by atoms with van der Waals surface area (Å²) in [7, 11) is 0. The summed E-state index contributed by atoms with van der Waals surface area (Å²) >= 11 is 0. The van der Waals surface area contributed by atoms with E-state index in [1.54, 1.807) is 24.3 Å². The van der Waals surface area contributed by atoms with Crippen molar-refractivity contribution in [3.05, 3.63) is 71.3 Å². The molecule has 0 heterocycles. The zero-order valence-electron chi connectivity index (χ0n) is 14.6. The Hall–Kier alpha value is -2.62. The number of hydrogen-bond acceptors (Lipinski definition) is 2. The second-order valence-electron chi connectivity index (χ2n) is 6.21. The Balaban J connectivity index is 1.92. The molecule has 0 spiro atoms. The van der Waals surface area contributed by atoms with Gasteiger partial charge in [0, 0.05) is 12.5 Å². The van der Waals surface area contributed by atoms with Crippen LogP contribution in [0.5, 0.6) is 0 Å². The molecule has 4 heteroatoms. The number of carboxylic acid groups (broad SMARTS) is 1. The van der Waals surface area contributed by atoms with E-state index in [0.717, 1.165) is 19.3 Å².